The fraction of sp³-hybridized carbons (Fsp3) is 0.765. The zero-order chi connectivity index (χ0) is 38.5. The smallest absolute Gasteiger partial charge is 0.317 e. The summed E-state index contributed by atoms with van der Waals surface area (Å²) in [5, 5.41) is 37.0. The van der Waals surface area contributed by atoms with Crippen molar-refractivity contribution in [3.63, 3.8) is 0 Å². The largest absolute Gasteiger partial charge is 0.480 e. The highest BCUT2D eigenvalue weighted by Gasteiger charge is 2.25. The van der Waals surface area contributed by atoms with Crippen LogP contribution in [0.25, 0.3) is 0 Å². The lowest BCUT2D eigenvalue weighted by Gasteiger charge is -2.34. The topological polar surface area (TPSA) is 241 Å². The van der Waals surface area contributed by atoms with Crippen molar-refractivity contribution in [2.75, 3.05) is 111 Å². The molecule has 2 saturated heterocycles. The summed E-state index contributed by atoms with van der Waals surface area (Å²) in [4.78, 5) is 81.3. The van der Waals surface area contributed by atoms with Gasteiger partial charge in [-0.2, -0.15) is 0 Å². The molecule has 2 aliphatic heterocycles. The zero-order valence-electron chi connectivity index (χ0n) is 30.7. The van der Waals surface area contributed by atoms with Gasteiger partial charge in [-0.05, 0) is 45.4 Å². The number of carbonyl (C=O) groups excluding carboxylic acids is 3. The summed E-state index contributed by atoms with van der Waals surface area (Å²) in [7, 11) is 0. The number of aliphatic carboxylic acids is 3. The molecule has 18 heteroatoms. The molecule has 8 N–H and O–H groups in total. The quantitative estimate of drug-likeness (QED) is 0.0515. The lowest BCUT2D eigenvalue weighted by molar-refractivity contribution is -0.140. The van der Waals surface area contributed by atoms with E-state index < -0.39 is 23.9 Å². The lowest BCUT2D eigenvalue weighted by atomic mass is 10.0. The SMILES string of the molecule is C=C(C)CCCNC(=O)[C@H](N)CCCNC(=O)CN1CCC(NC(=O)CN2CCN(CC(=O)O)CCN(CC(=O)O)CCN(CC(=O)O)CC2)CC1. The van der Waals surface area contributed by atoms with Crippen LogP contribution in [0.15, 0.2) is 12.2 Å². The lowest BCUT2D eigenvalue weighted by Crippen LogP contribution is -2.51. The van der Waals surface area contributed by atoms with Crippen LogP contribution in [-0.2, 0) is 28.8 Å². The molecule has 0 aromatic rings. The Morgan fingerprint density at radius 2 is 1.04 bits per heavy atom. The standard InChI is InChI=1S/C34H61N9O9/c1-26(2)5-3-10-37-34(52)28(35)6-4-9-36-29(44)21-39-11-7-27(8-12-39)38-30(45)22-40-13-15-41(23-31(46)47)17-19-43(25-33(50)51)20-18-42(16-14-40)24-32(48)49/h27-28H,1,3-25,35H2,2H3,(H,36,44)(H,37,52)(H,38,45)(H,46,47)(H,48,49)(H,50,51)/t28-/m1/s1. The molecule has 2 rings (SSSR count). The van der Waals surface area contributed by atoms with Crippen LogP contribution in [0, 0.1) is 0 Å². The van der Waals surface area contributed by atoms with Crippen LogP contribution in [0.4, 0.5) is 0 Å². The number of piperidine rings is 1. The Morgan fingerprint density at radius 1 is 0.635 bits per heavy atom. The second-order valence-corrected chi connectivity index (χ2v) is 13.9. The third-order valence-electron chi connectivity index (χ3n) is 9.12. The summed E-state index contributed by atoms with van der Waals surface area (Å²) in [6.07, 6.45) is 4.05. The van der Waals surface area contributed by atoms with Gasteiger partial charge in [0.2, 0.25) is 17.7 Å². The maximum atomic E-state index is 13.2. The first-order chi connectivity index (χ1) is 24.7. The highest BCUT2D eigenvalue weighted by molar-refractivity contribution is 5.81. The number of carbonyl (C=O) groups is 6. The van der Waals surface area contributed by atoms with Gasteiger partial charge in [-0.3, -0.25) is 53.3 Å². The molecule has 3 amide bonds. The summed E-state index contributed by atoms with van der Waals surface area (Å²) < 4.78 is 0. The molecule has 296 valence electrons. The maximum Gasteiger partial charge on any atom is 0.317 e. The van der Waals surface area contributed by atoms with Crippen molar-refractivity contribution >= 4 is 35.6 Å². The Hall–Kier alpha value is -3.68. The molecule has 2 aliphatic rings. The molecule has 52 heavy (non-hydrogen) atoms. The molecule has 0 bridgehead atoms. The van der Waals surface area contributed by atoms with E-state index >= 15 is 0 Å². The van der Waals surface area contributed by atoms with Gasteiger partial charge in [0, 0.05) is 84.6 Å². The van der Waals surface area contributed by atoms with E-state index in [1.165, 1.54) is 0 Å². The molecule has 0 unspecified atom stereocenters. The Morgan fingerprint density at radius 3 is 1.48 bits per heavy atom. The van der Waals surface area contributed by atoms with Crippen molar-refractivity contribution in [1.29, 1.82) is 0 Å². The monoisotopic (exact) mass is 739 g/mol. The van der Waals surface area contributed by atoms with Crippen molar-refractivity contribution in [3.05, 3.63) is 12.2 Å². The molecule has 2 fully saturated rings. The van der Waals surface area contributed by atoms with Crippen LogP contribution in [-0.4, -0.2) is 199 Å². The number of nitrogens with one attached hydrogen (secondary N) is 3. The zero-order valence-corrected chi connectivity index (χ0v) is 30.7. The third-order valence-corrected chi connectivity index (χ3v) is 9.12. The second-order valence-electron chi connectivity index (χ2n) is 13.9. The number of carboxylic acids is 3. The first kappa shape index (κ1) is 44.5. The van der Waals surface area contributed by atoms with Crippen LogP contribution in [0.1, 0.15) is 45.4 Å². The van der Waals surface area contributed by atoms with Crippen LogP contribution in [0.3, 0.4) is 0 Å². The first-order valence-electron chi connectivity index (χ1n) is 18.2. The Bertz CT molecular complexity index is 1150. The highest BCUT2D eigenvalue weighted by atomic mass is 16.4. The number of hydrogen-bond acceptors (Lipinski definition) is 12. The maximum absolute atomic E-state index is 13.2. The number of nitrogens with zero attached hydrogens (tertiary/aromatic N) is 5. The second kappa shape index (κ2) is 24.5. The van der Waals surface area contributed by atoms with Crippen molar-refractivity contribution < 1.29 is 44.1 Å². The van der Waals surface area contributed by atoms with Crippen molar-refractivity contribution in [3.8, 4) is 0 Å². The van der Waals surface area contributed by atoms with Gasteiger partial charge in [0.15, 0.2) is 0 Å². The van der Waals surface area contributed by atoms with Gasteiger partial charge >= 0.3 is 17.9 Å². The number of rotatable bonds is 20. The van der Waals surface area contributed by atoms with Crippen LogP contribution < -0.4 is 21.7 Å². The molecular weight excluding hydrogens is 678 g/mol. The van der Waals surface area contributed by atoms with Gasteiger partial charge in [0.05, 0.1) is 38.8 Å². The average Bonchev–Trinajstić information content (AvgIpc) is 3.06. The van der Waals surface area contributed by atoms with E-state index in [1.54, 1.807) is 14.7 Å². The predicted octanol–water partition coefficient (Wildman–Crippen LogP) is -2.26. The van der Waals surface area contributed by atoms with E-state index in [1.807, 2.05) is 16.7 Å². The first-order valence-corrected chi connectivity index (χ1v) is 18.2. The number of allylic oxidation sites excluding steroid dienone is 1. The number of nitrogens with two attached hydrogens (primary N) is 1. The van der Waals surface area contributed by atoms with Crippen LogP contribution in [0.2, 0.25) is 0 Å². The Balaban J connectivity index is 1.78. The van der Waals surface area contributed by atoms with Crippen LogP contribution >= 0.6 is 0 Å². The van der Waals surface area contributed by atoms with Gasteiger partial charge in [-0.1, -0.05) is 5.57 Å². The van der Waals surface area contributed by atoms with E-state index in [4.69, 9.17) is 5.73 Å². The normalized spacial score (nSPS) is 18.7. The molecule has 0 spiro atoms. The average molecular weight is 740 g/mol. The molecule has 1 atom stereocenters. The fourth-order valence-corrected chi connectivity index (χ4v) is 6.17. The van der Waals surface area contributed by atoms with Gasteiger partial charge in [-0.15, -0.1) is 6.58 Å². The van der Waals surface area contributed by atoms with Gasteiger partial charge in [0.1, 0.15) is 0 Å². The number of amides is 3. The van der Waals surface area contributed by atoms with E-state index in [-0.39, 0.29) is 56.5 Å². The minimum absolute atomic E-state index is 0.0515. The van der Waals surface area contributed by atoms with E-state index in [0.717, 1.165) is 18.4 Å². The van der Waals surface area contributed by atoms with Gasteiger partial charge < -0.3 is 37.0 Å². The number of likely N-dealkylation sites (tertiary alicyclic amines) is 1. The fourth-order valence-electron chi connectivity index (χ4n) is 6.17. The third kappa shape index (κ3) is 20.4. The molecule has 18 nitrogen and oxygen atoms in total. The van der Waals surface area contributed by atoms with Crippen molar-refractivity contribution in [2.24, 2.45) is 5.73 Å². The molecule has 0 radical (unpaired) electrons. The minimum atomic E-state index is -1.02. The minimum Gasteiger partial charge on any atom is -0.480 e. The van der Waals surface area contributed by atoms with Crippen molar-refractivity contribution in [1.82, 2.24) is 40.4 Å². The molecule has 2 heterocycles. The number of hydrogen-bond donors (Lipinski definition) is 7. The Labute approximate surface area is 306 Å². The van der Waals surface area contributed by atoms with E-state index in [0.29, 0.717) is 104 Å². The van der Waals surface area contributed by atoms with Crippen LogP contribution in [0.5, 0.6) is 0 Å². The highest BCUT2D eigenvalue weighted by Crippen LogP contribution is 2.10. The van der Waals surface area contributed by atoms with Crippen molar-refractivity contribution in [2.45, 2.75) is 57.5 Å². The van der Waals surface area contributed by atoms with E-state index in [9.17, 15) is 44.1 Å². The summed E-state index contributed by atoms with van der Waals surface area (Å²) in [6, 6.07) is -0.695. The molecule has 0 saturated carbocycles. The molecule has 0 aliphatic carbocycles. The molecule has 0 aromatic carbocycles. The van der Waals surface area contributed by atoms with Gasteiger partial charge in [0.25, 0.3) is 0 Å². The summed E-state index contributed by atoms with van der Waals surface area (Å²) in [5.41, 5.74) is 7.05. The Kier molecular flexibility index (Phi) is 21.0. The predicted molar refractivity (Wildman–Crippen MR) is 194 cm³/mol. The summed E-state index contributed by atoms with van der Waals surface area (Å²) >= 11 is 0. The van der Waals surface area contributed by atoms with Gasteiger partial charge in [-0.25, -0.2) is 0 Å². The summed E-state index contributed by atoms with van der Waals surface area (Å²) in [5.74, 6) is -3.54. The molecular formula is C34H61N9O9. The summed E-state index contributed by atoms with van der Waals surface area (Å²) in [6.45, 7) is 10.2. The molecule has 0 aromatic heterocycles. The van der Waals surface area contributed by atoms with E-state index in [2.05, 4.69) is 22.5 Å². The number of carboxylic acid groups (broad SMARTS) is 3.